The molecule has 1 atom stereocenters. The minimum Gasteiger partial charge on any atom is -0.491 e. The highest BCUT2D eigenvalue weighted by molar-refractivity contribution is 5.76. The third-order valence-electron chi connectivity index (χ3n) is 2.52. The second kappa shape index (κ2) is 8.50. The van der Waals surface area contributed by atoms with Crippen molar-refractivity contribution in [3.05, 3.63) is 29.8 Å². The topological polar surface area (TPSA) is 67.8 Å². The highest BCUT2D eigenvalue weighted by Crippen LogP contribution is 2.13. The van der Waals surface area contributed by atoms with Crippen LogP contribution in [0.1, 0.15) is 19.4 Å². The Hall–Kier alpha value is -1.59. The van der Waals surface area contributed by atoms with E-state index in [1.165, 1.54) is 0 Å². The third kappa shape index (κ3) is 5.28. The molecular formula is C14H21NO4. The van der Waals surface area contributed by atoms with E-state index in [0.29, 0.717) is 18.9 Å². The predicted molar refractivity (Wildman–Crippen MR) is 72.0 cm³/mol. The number of hydrogen-bond acceptors (Lipinski definition) is 5. The normalized spacial score (nSPS) is 11.9. The van der Waals surface area contributed by atoms with Crippen LogP contribution in [0.2, 0.25) is 0 Å². The Morgan fingerprint density at radius 1 is 1.42 bits per heavy atom. The molecule has 0 aliphatic rings. The van der Waals surface area contributed by atoms with Gasteiger partial charge in [-0.2, -0.15) is 0 Å². The number of esters is 1. The number of ether oxygens (including phenoxy) is 2. The van der Waals surface area contributed by atoms with E-state index in [2.05, 4.69) is 5.32 Å². The van der Waals surface area contributed by atoms with E-state index < -0.39 is 6.04 Å². The lowest BCUT2D eigenvalue weighted by molar-refractivity contribution is -0.146. The number of nitrogens with one attached hydrogen (secondary N) is 1. The molecule has 1 rings (SSSR count). The highest BCUT2D eigenvalue weighted by atomic mass is 16.5. The summed E-state index contributed by atoms with van der Waals surface area (Å²) in [7, 11) is 0. The minimum absolute atomic E-state index is 0.0360. The van der Waals surface area contributed by atoms with Gasteiger partial charge in [-0.15, -0.1) is 0 Å². The predicted octanol–water partition coefficient (Wildman–Crippen LogP) is 1.10. The molecule has 1 aromatic carbocycles. The Kier molecular flexibility index (Phi) is 6.92. The Bertz CT molecular complexity index is 395. The molecule has 0 aliphatic carbocycles. The zero-order valence-corrected chi connectivity index (χ0v) is 11.4. The van der Waals surface area contributed by atoms with Crippen LogP contribution in [-0.2, 0) is 16.1 Å². The van der Waals surface area contributed by atoms with Gasteiger partial charge in [0.15, 0.2) is 0 Å². The van der Waals surface area contributed by atoms with Crippen LogP contribution >= 0.6 is 0 Å². The summed E-state index contributed by atoms with van der Waals surface area (Å²) in [6, 6.07) is 6.65. The van der Waals surface area contributed by atoms with E-state index in [1.54, 1.807) is 31.2 Å². The number of carbonyl (C=O) groups excluding carboxylic acids is 1. The number of aliphatic hydroxyl groups is 1. The fraction of sp³-hybridized carbons (Fsp3) is 0.500. The molecule has 0 fully saturated rings. The average molecular weight is 267 g/mol. The summed E-state index contributed by atoms with van der Waals surface area (Å²) < 4.78 is 10.5. The first kappa shape index (κ1) is 15.5. The number of carbonyl (C=O) groups is 1. The molecule has 0 aromatic heterocycles. The largest absolute Gasteiger partial charge is 0.491 e. The van der Waals surface area contributed by atoms with E-state index in [1.807, 2.05) is 6.92 Å². The lowest BCUT2D eigenvalue weighted by Gasteiger charge is -2.17. The first-order valence-electron chi connectivity index (χ1n) is 6.43. The molecule has 106 valence electrons. The second-order valence-corrected chi connectivity index (χ2v) is 3.98. The Labute approximate surface area is 113 Å². The van der Waals surface area contributed by atoms with Gasteiger partial charge >= 0.3 is 5.97 Å². The molecule has 19 heavy (non-hydrogen) atoms. The van der Waals surface area contributed by atoms with Crippen molar-refractivity contribution in [3.8, 4) is 5.75 Å². The molecule has 2 N–H and O–H groups in total. The van der Waals surface area contributed by atoms with Gasteiger partial charge in [-0.05, 0) is 31.2 Å². The van der Waals surface area contributed by atoms with Gasteiger partial charge in [-0.25, -0.2) is 0 Å². The molecule has 0 bridgehead atoms. The SMILES string of the molecule is CCNC(COc1cccc(CO)c1)C(=O)OCC. The zero-order valence-electron chi connectivity index (χ0n) is 11.4. The maximum atomic E-state index is 11.7. The lowest BCUT2D eigenvalue weighted by Crippen LogP contribution is -2.42. The van der Waals surface area contributed by atoms with E-state index >= 15 is 0 Å². The van der Waals surface area contributed by atoms with Crippen molar-refractivity contribution in [2.45, 2.75) is 26.5 Å². The fourth-order valence-corrected chi connectivity index (χ4v) is 1.61. The van der Waals surface area contributed by atoms with E-state index in [9.17, 15) is 4.79 Å². The Balaban J connectivity index is 2.57. The molecule has 1 unspecified atom stereocenters. The summed E-state index contributed by atoms with van der Waals surface area (Å²) in [4.78, 5) is 11.7. The van der Waals surface area contributed by atoms with E-state index in [0.717, 1.165) is 5.56 Å². The molecule has 5 heteroatoms. The summed E-state index contributed by atoms with van der Waals surface area (Å²) >= 11 is 0. The first-order valence-corrected chi connectivity index (χ1v) is 6.43. The zero-order chi connectivity index (χ0) is 14.1. The maximum Gasteiger partial charge on any atom is 0.326 e. The average Bonchev–Trinajstić information content (AvgIpc) is 2.44. The number of rotatable bonds is 8. The van der Waals surface area contributed by atoms with Gasteiger partial charge in [-0.1, -0.05) is 19.1 Å². The smallest absolute Gasteiger partial charge is 0.326 e. The summed E-state index contributed by atoms with van der Waals surface area (Å²) in [5.74, 6) is 0.307. The second-order valence-electron chi connectivity index (χ2n) is 3.98. The Morgan fingerprint density at radius 3 is 2.84 bits per heavy atom. The van der Waals surface area contributed by atoms with Gasteiger partial charge in [0.2, 0.25) is 0 Å². The molecule has 0 amide bonds. The standard InChI is InChI=1S/C14H21NO4/c1-3-15-13(14(17)18-4-2)10-19-12-7-5-6-11(8-12)9-16/h5-8,13,15-16H,3-4,9-10H2,1-2H3. The van der Waals surface area contributed by atoms with Gasteiger partial charge in [-0.3, -0.25) is 4.79 Å². The van der Waals surface area contributed by atoms with Crippen LogP contribution in [0.15, 0.2) is 24.3 Å². The van der Waals surface area contributed by atoms with Gasteiger partial charge in [0.25, 0.3) is 0 Å². The summed E-state index contributed by atoms with van der Waals surface area (Å²) in [5.41, 5.74) is 0.772. The van der Waals surface area contributed by atoms with Crippen molar-refractivity contribution in [1.29, 1.82) is 0 Å². The molecule has 0 radical (unpaired) electrons. The summed E-state index contributed by atoms with van der Waals surface area (Å²) in [6.45, 7) is 4.85. The van der Waals surface area contributed by atoms with Crippen molar-refractivity contribution in [3.63, 3.8) is 0 Å². The molecule has 1 aromatic rings. The van der Waals surface area contributed by atoms with Crippen LogP contribution in [0, 0.1) is 0 Å². The van der Waals surface area contributed by atoms with Crippen LogP contribution in [0.4, 0.5) is 0 Å². The van der Waals surface area contributed by atoms with Gasteiger partial charge < -0.3 is 19.9 Å². The van der Waals surface area contributed by atoms with Crippen molar-refractivity contribution >= 4 is 5.97 Å². The van der Waals surface area contributed by atoms with Crippen LogP contribution in [0.25, 0.3) is 0 Å². The monoisotopic (exact) mass is 267 g/mol. The summed E-state index contributed by atoms with van der Waals surface area (Å²) in [5, 5.41) is 12.1. The number of aliphatic hydroxyl groups excluding tert-OH is 1. The van der Waals surface area contributed by atoms with Gasteiger partial charge in [0, 0.05) is 0 Å². The lowest BCUT2D eigenvalue weighted by atomic mass is 10.2. The molecular weight excluding hydrogens is 246 g/mol. The first-order chi connectivity index (χ1) is 9.21. The van der Waals surface area contributed by atoms with Crippen LogP contribution in [0.5, 0.6) is 5.75 Å². The molecule has 0 aliphatic heterocycles. The van der Waals surface area contributed by atoms with Gasteiger partial charge in [0.1, 0.15) is 18.4 Å². The van der Waals surface area contributed by atoms with Crippen LogP contribution in [-0.4, -0.2) is 36.9 Å². The van der Waals surface area contributed by atoms with Gasteiger partial charge in [0.05, 0.1) is 13.2 Å². The fourth-order valence-electron chi connectivity index (χ4n) is 1.61. The van der Waals surface area contributed by atoms with Crippen molar-refractivity contribution in [2.24, 2.45) is 0 Å². The maximum absolute atomic E-state index is 11.7. The van der Waals surface area contributed by atoms with E-state index in [-0.39, 0.29) is 19.2 Å². The Morgan fingerprint density at radius 2 is 2.21 bits per heavy atom. The van der Waals surface area contributed by atoms with Crippen molar-refractivity contribution in [2.75, 3.05) is 19.8 Å². The molecule has 0 saturated heterocycles. The highest BCUT2D eigenvalue weighted by Gasteiger charge is 2.19. The summed E-state index contributed by atoms with van der Waals surface area (Å²) in [6.07, 6.45) is 0. The van der Waals surface area contributed by atoms with Crippen molar-refractivity contribution < 1.29 is 19.4 Å². The molecule has 5 nitrogen and oxygen atoms in total. The van der Waals surface area contributed by atoms with E-state index in [4.69, 9.17) is 14.6 Å². The van der Waals surface area contributed by atoms with Crippen LogP contribution < -0.4 is 10.1 Å². The molecule has 0 spiro atoms. The number of hydrogen-bond donors (Lipinski definition) is 2. The quantitative estimate of drug-likeness (QED) is 0.690. The van der Waals surface area contributed by atoms with Crippen LogP contribution in [0.3, 0.4) is 0 Å². The number of benzene rings is 1. The molecule has 0 heterocycles. The molecule has 0 saturated carbocycles. The number of likely N-dealkylation sites (N-methyl/N-ethyl adjacent to an activating group) is 1. The minimum atomic E-state index is -0.484. The van der Waals surface area contributed by atoms with Crippen molar-refractivity contribution in [1.82, 2.24) is 5.32 Å². The third-order valence-corrected chi connectivity index (χ3v) is 2.52.